The van der Waals surface area contributed by atoms with Crippen molar-refractivity contribution in [3.63, 3.8) is 0 Å². The van der Waals surface area contributed by atoms with Crippen LogP contribution in [0.5, 0.6) is 0 Å². The van der Waals surface area contributed by atoms with E-state index < -0.39 is 0 Å². The Hall–Kier alpha value is -1.20. The molecule has 0 saturated heterocycles. The number of hydrogen-bond donors (Lipinski definition) is 1. The van der Waals surface area contributed by atoms with Gasteiger partial charge in [-0.1, -0.05) is 22.9 Å². The van der Waals surface area contributed by atoms with Gasteiger partial charge in [-0.2, -0.15) is 5.10 Å². The van der Waals surface area contributed by atoms with Crippen molar-refractivity contribution in [3.05, 3.63) is 46.4 Å². The molecule has 0 amide bonds. The van der Waals surface area contributed by atoms with Crippen molar-refractivity contribution >= 4 is 15.9 Å². The van der Waals surface area contributed by atoms with Crippen LogP contribution in [0.4, 0.5) is 4.39 Å². The molecule has 1 N–H and O–H groups in total. The number of benzene rings is 1. The molecule has 17 heavy (non-hydrogen) atoms. The summed E-state index contributed by atoms with van der Waals surface area (Å²) in [6, 6.07) is 6.80. The molecule has 0 radical (unpaired) electrons. The van der Waals surface area contributed by atoms with Gasteiger partial charge < -0.3 is 5.32 Å². The topological polar surface area (TPSA) is 29.9 Å². The summed E-state index contributed by atoms with van der Waals surface area (Å²) in [5, 5.41) is 7.48. The van der Waals surface area contributed by atoms with Crippen molar-refractivity contribution in [1.29, 1.82) is 0 Å². The van der Waals surface area contributed by atoms with E-state index in [1.807, 2.05) is 13.0 Å². The number of halogens is 2. The standard InChI is InChI=1S/C12H13BrFN3/c1-2-15-8-10-5-6-17(16-10)12-4-3-9(13)7-11(12)14/h3-7,15H,2,8H2,1H3. The summed E-state index contributed by atoms with van der Waals surface area (Å²) < 4.78 is 16.0. The van der Waals surface area contributed by atoms with Crippen molar-refractivity contribution in [2.75, 3.05) is 6.54 Å². The normalized spacial score (nSPS) is 10.8. The maximum atomic E-state index is 13.7. The molecule has 2 aromatic rings. The lowest BCUT2D eigenvalue weighted by Gasteiger charge is -2.03. The van der Waals surface area contributed by atoms with E-state index in [1.54, 1.807) is 23.0 Å². The summed E-state index contributed by atoms with van der Waals surface area (Å²) >= 11 is 3.23. The molecule has 0 unspecified atom stereocenters. The van der Waals surface area contributed by atoms with Crippen molar-refractivity contribution in [1.82, 2.24) is 15.1 Å². The van der Waals surface area contributed by atoms with Crippen LogP contribution in [0.2, 0.25) is 0 Å². The van der Waals surface area contributed by atoms with Crippen LogP contribution in [0, 0.1) is 5.82 Å². The van der Waals surface area contributed by atoms with Crippen molar-refractivity contribution < 1.29 is 4.39 Å². The maximum absolute atomic E-state index is 13.7. The van der Waals surface area contributed by atoms with Gasteiger partial charge in [0.15, 0.2) is 0 Å². The summed E-state index contributed by atoms with van der Waals surface area (Å²) in [6.45, 7) is 3.62. The van der Waals surface area contributed by atoms with Gasteiger partial charge in [0.05, 0.1) is 5.69 Å². The molecular formula is C12H13BrFN3. The van der Waals surface area contributed by atoms with Crippen LogP contribution in [0.1, 0.15) is 12.6 Å². The van der Waals surface area contributed by atoms with E-state index in [-0.39, 0.29) is 5.82 Å². The number of nitrogens with one attached hydrogen (secondary N) is 1. The minimum absolute atomic E-state index is 0.294. The highest BCUT2D eigenvalue weighted by Crippen LogP contribution is 2.18. The predicted molar refractivity (Wildman–Crippen MR) is 68.6 cm³/mol. The van der Waals surface area contributed by atoms with Crippen LogP contribution in [-0.4, -0.2) is 16.3 Å². The molecule has 0 aliphatic heterocycles. The third-order valence-corrected chi connectivity index (χ3v) is 2.85. The SMILES string of the molecule is CCNCc1ccn(-c2ccc(Br)cc2F)n1. The maximum Gasteiger partial charge on any atom is 0.149 e. The second-order valence-corrected chi connectivity index (χ2v) is 4.54. The van der Waals surface area contributed by atoms with Gasteiger partial charge in [-0.3, -0.25) is 0 Å². The second-order valence-electron chi connectivity index (χ2n) is 3.63. The molecule has 0 saturated carbocycles. The number of hydrogen-bond acceptors (Lipinski definition) is 2. The zero-order valence-electron chi connectivity index (χ0n) is 9.45. The molecule has 0 fully saturated rings. The average Bonchev–Trinajstić information content (AvgIpc) is 2.75. The zero-order valence-corrected chi connectivity index (χ0v) is 11.0. The molecule has 0 bridgehead atoms. The number of aromatic nitrogens is 2. The Kier molecular flexibility index (Phi) is 3.91. The lowest BCUT2D eigenvalue weighted by molar-refractivity contribution is 0.607. The molecule has 90 valence electrons. The van der Waals surface area contributed by atoms with Gasteiger partial charge in [-0.05, 0) is 30.8 Å². The van der Waals surface area contributed by atoms with E-state index in [4.69, 9.17) is 0 Å². The van der Waals surface area contributed by atoms with E-state index >= 15 is 0 Å². The van der Waals surface area contributed by atoms with E-state index in [1.165, 1.54) is 6.07 Å². The predicted octanol–water partition coefficient (Wildman–Crippen LogP) is 2.88. The van der Waals surface area contributed by atoms with Crippen molar-refractivity contribution in [3.8, 4) is 5.69 Å². The summed E-state index contributed by atoms with van der Waals surface area (Å²) in [7, 11) is 0. The van der Waals surface area contributed by atoms with Crippen molar-refractivity contribution in [2.45, 2.75) is 13.5 Å². The van der Waals surface area contributed by atoms with Crippen molar-refractivity contribution in [2.24, 2.45) is 0 Å². The van der Waals surface area contributed by atoms with Gasteiger partial charge in [-0.15, -0.1) is 0 Å². The fraction of sp³-hybridized carbons (Fsp3) is 0.250. The fourth-order valence-electron chi connectivity index (χ4n) is 1.51. The minimum atomic E-state index is -0.294. The fourth-order valence-corrected chi connectivity index (χ4v) is 1.84. The second kappa shape index (κ2) is 5.42. The first-order valence-corrected chi connectivity index (χ1v) is 6.20. The summed E-state index contributed by atoms with van der Waals surface area (Å²) in [5.41, 5.74) is 1.35. The summed E-state index contributed by atoms with van der Waals surface area (Å²) in [6.07, 6.45) is 1.76. The van der Waals surface area contributed by atoms with Gasteiger partial charge >= 0.3 is 0 Å². The van der Waals surface area contributed by atoms with Crippen LogP contribution < -0.4 is 5.32 Å². The first-order valence-electron chi connectivity index (χ1n) is 5.41. The highest BCUT2D eigenvalue weighted by molar-refractivity contribution is 9.10. The number of nitrogens with zero attached hydrogens (tertiary/aromatic N) is 2. The molecule has 3 nitrogen and oxygen atoms in total. The lowest BCUT2D eigenvalue weighted by Crippen LogP contribution is -2.12. The largest absolute Gasteiger partial charge is 0.311 e. The summed E-state index contributed by atoms with van der Waals surface area (Å²) in [5.74, 6) is -0.294. The number of rotatable bonds is 4. The van der Waals surface area contributed by atoms with Crippen LogP contribution >= 0.6 is 15.9 Å². The Labute approximate surface area is 108 Å². The van der Waals surface area contributed by atoms with Crippen LogP contribution in [-0.2, 0) is 6.54 Å². The summed E-state index contributed by atoms with van der Waals surface area (Å²) in [4.78, 5) is 0. The molecule has 1 heterocycles. The third kappa shape index (κ3) is 2.92. The smallest absolute Gasteiger partial charge is 0.149 e. The Bertz CT molecular complexity index is 510. The molecular weight excluding hydrogens is 285 g/mol. The Morgan fingerprint density at radius 2 is 2.24 bits per heavy atom. The highest BCUT2D eigenvalue weighted by atomic mass is 79.9. The van der Waals surface area contributed by atoms with Crippen LogP contribution in [0.25, 0.3) is 5.69 Å². The molecule has 1 aromatic heterocycles. The van der Waals surface area contributed by atoms with E-state index in [9.17, 15) is 4.39 Å². The first-order chi connectivity index (χ1) is 8.20. The van der Waals surface area contributed by atoms with Gasteiger partial charge in [0.25, 0.3) is 0 Å². The van der Waals surface area contributed by atoms with Crippen LogP contribution in [0.15, 0.2) is 34.9 Å². The quantitative estimate of drug-likeness (QED) is 0.940. The average molecular weight is 298 g/mol. The molecule has 1 aromatic carbocycles. The highest BCUT2D eigenvalue weighted by Gasteiger charge is 2.06. The third-order valence-electron chi connectivity index (χ3n) is 2.36. The van der Waals surface area contributed by atoms with E-state index in [0.717, 1.165) is 16.7 Å². The molecule has 5 heteroatoms. The first kappa shape index (κ1) is 12.3. The molecule has 0 atom stereocenters. The Morgan fingerprint density at radius 3 is 2.94 bits per heavy atom. The Balaban J connectivity index is 2.24. The van der Waals surface area contributed by atoms with E-state index in [2.05, 4.69) is 26.3 Å². The van der Waals surface area contributed by atoms with Gasteiger partial charge in [0.2, 0.25) is 0 Å². The lowest BCUT2D eigenvalue weighted by atomic mass is 10.3. The minimum Gasteiger partial charge on any atom is -0.311 e. The molecule has 0 aliphatic carbocycles. The van der Waals surface area contributed by atoms with Gasteiger partial charge in [0.1, 0.15) is 11.5 Å². The molecule has 0 aliphatic rings. The molecule has 2 rings (SSSR count). The van der Waals surface area contributed by atoms with Gasteiger partial charge in [0, 0.05) is 17.2 Å². The molecule has 0 spiro atoms. The van der Waals surface area contributed by atoms with E-state index in [0.29, 0.717) is 12.2 Å². The Morgan fingerprint density at radius 1 is 1.41 bits per heavy atom. The zero-order chi connectivity index (χ0) is 12.3. The van der Waals surface area contributed by atoms with Crippen LogP contribution in [0.3, 0.4) is 0 Å². The van der Waals surface area contributed by atoms with Gasteiger partial charge in [-0.25, -0.2) is 9.07 Å². The monoisotopic (exact) mass is 297 g/mol.